The maximum Gasteiger partial charge on any atom is 0.199 e. The molecule has 1 aromatic carbocycles. The van der Waals surface area contributed by atoms with Crippen molar-refractivity contribution in [2.75, 3.05) is 0 Å². The predicted molar refractivity (Wildman–Crippen MR) is 85.3 cm³/mol. The van der Waals surface area contributed by atoms with Gasteiger partial charge in [0.05, 0.1) is 5.72 Å². The zero-order chi connectivity index (χ0) is 14.1. The van der Waals surface area contributed by atoms with Crippen LogP contribution >= 0.6 is 12.2 Å². The Morgan fingerprint density at radius 3 is 2.85 bits per heavy atom. The van der Waals surface area contributed by atoms with Gasteiger partial charge in [0.15, 0.2) is 12.6 Å². The van der Waals surface area contributed by atoms with E-state index in [1.165, 1.54) is 24.0 Å². The summed E-state index contributed by atoms with van der Waals surface area (Å²) in [4.78, 5) is 0. The maximum absolute atomic E-state index is 5.85. The minimum absolute atomic E-state index is 0.368. The second-order valence-corrected chi connectivity index (χ2v) is 5.29. The molecular weight excluding hydrogens is 265 g/mol. The molecule has 1 aliphatic carbocycles. The number of nitrogens with zero attached hydrogens (tertiary/aromatic N) is 2. The summed E-state index contributed by atoms with van der Waals surface area (Å²) in [6.07, 6.45) is 8.33. The van der Waals surface area contributed by atoms with Gasteiger partial charge in [-0.3, -0.25) is 9.67 Å². The molecule has 98 valence electrons. The summed E-state index contributed by atoms with van der Waals surface area (Å²) in [5, 5.41) is 6.65. The topological polar surface area (TPSA) is 33.6 Å². The molecule has 1 saturated carbocycles. The van der Waals surface area contributed by atoms with E-state index in [2.05, 4.69) is 35.0 Å². The minimum atomic E-state index is 0.368. The van der Waals surface area contributed by atoms with Crippen LogP contribution in [0.5, 0.6) is 0 Å². The molecule has 3 nitrogen and oxygen atoms in total. The van der Waals surface area contributed by atoms with Crippen LogP contribution in [-0.2, 0) is 0 Å². The summed E-state index contributed by atoms with van der Waals surface area (Å²) in [5.41, 5.74) is 3.86. The minimum Gasteiger partial charge on any atom is -0.282 e. The number of H-pyrrole nitrogens is 1. The van der Waals surface area contributed by atoms with Gasteiger partial charge in [0.1, 0.15) is 0 Å². The highest BCUT2D eigenvalue weighted by Crippen LogP contribution is 2.42. The normalized spacial score (nSPS) is 14.8. The summed E-state index contributed by atoms with van der Waals surface area (Å²) in [5.74, 6) is 0.684. The second-order valence-electron chi connectivity index (χ2n) is 4.90. The summed E-state index contributed by atoms with van der Waals surface area (Å²) < 4.78 is 2.23. The van der Waals surface area contributed by atoms with Crippen molar-refractivity contribution >= 4 is 31.9 Å². The summed E-state index contributed by atoms with van der Waals surface area (Å²) in [6.45, 7) is 3.72. The first-order valence-corrected chi connectivity index (χ1v) is 6.98. The molecule has 1 aromatic heterocycles. The molecule has 3 rings (SSSR count). The first-order chi connectivity index (χ1) is 9.70. The number of rotatable bonds is 4. The van der Waals surface area contributed by atoms with Crippen LogP contribution in [-0.4, -0.2) is 22.6 Å². The van der Waals surface area contributed by atoms with E-state index in [-0.39, 0.29) is 0 Å². The molecule has 1 fully saturated rings. The lowest BCUT2D eigenvalue weighted by Crippen LogP contribution is -2.17. The second kappa shape index (κ2) is 5.25. The molecule has 0 atom stereocenters. The highest BCUT2D eigenvalue weighted by Gasteiger charge is 2.25. The SMILES string of the molecule is [B]c1n[nH]c(=S)n1-c1ccc(C2CC2)c(/C=C\C=C)c1. The fraction of sp³-hybridized carbons (Fsp3) is 0.200. The molecule has 0 saturated heterocycles. The van der Waals surface area contributed by atoms with E-state index < -0.39 is 0 Å². The average molecular weight is 279 g/mol. The van der Waals surface area contributed by atoms with Gasteiger partial charge in [-0.2, -0.15) is 5.10 Å². The Balaban J connectivity index is 2.12. The van der Waals surface area contributed by atoms with Crippen molar-refractivity contribution in [3.8, 4) is 5.69 Å². The van der Waals surface area contributed by atoms with Gasteiger partial charge in [0, 0.05) is 5.69 Å². The van der Waals surface area contributed by atoms with E-state index in [4.69, 9.17) is 20.1 Å². The number of aromatic amines is 1. The van der Waals surface area contributed by atoms with Gasteiger partial charge in [0.2, 0.25) is 0 Å². The lowest BCUT2D eigenvalue weighted by atomic mass is 10.0. The van der Waals surface area contributed by atoms with Crippen LogP contribution in [0.4, 0.5) is 0 Å². The van der Waals surface area contributed by atoms with Crippen molar-refractivity contribution in [1.82, 2.24) is 14.8 Å². The summed E-state index contributed by atoms with van der Waals surface area (Å²) >= 11 is 5.21. The third kappa shape index (κ3) is 2.41. The third-order valence-electron chi connectivity index (χ3n) is 3.46. The van der Waals surface area contributed by atoms with Gasteiger partial charge in [-0.05, 0) is 54.2 Å². The lowest BCUT2D eigenvalue weighted by molar-refractivity contribution is 1.03. The first-order valence-electron chi connectivity index (χ1n) is 6.57. The molecular formula is C15H14BN3S. The Morgan fingerprint density at radius 2 is 2.25 bits per heavy atom. The fourth-order valence-corrected chi connectivity index (χ4v) is 2.59. The van der Waals surface area contributed by atoms with Crippen molar-refractivity contribution in [2.24, 2.45) is 0 Å². The van der Waals surface area contributed by atoms with E-state index in [1.807, 2.05) is 12.1 Å². The zero-order valence-corrected chi connectivity index (χ0v) is 11.9. The Hall–Kier alpha value is -1.88. The molecule has 2 aromatic rings. The van der Waals surface area contributed by atoms with Crippen LogP contribution < -0.4 is 5.72 Å². The molecule has 20 heavy (non-hydrogen) atoms. The molecule has 0 bridgehead atoms. The number of hydrogen-bond donors (Lipinski definition) is 1. The van der Waals surface area contributed by atoms with Crippen molar-refractivity contribution in [2.45, 2.75) is 18.8 Å². The standard InChI is InChI=1S/C15H14BN3S/c1-2-3-4-11-9-12(7-8-13(11)10-5-6-10)19-14(16)17-18-15(19)20/h2-4,7-10H,1,5-6H2,(H,18,20)/b4-3-. The molecule has 1 N–H and O–H groups in total. The highest BCUT2D eigenvalue weighted by molar-refractivity contribution is 7.71. The van der Waals surface area contributed by atoms with Crippen LogP contribution in [0.1, 0.15) is 29.9 Å². The van der Waals surface area contributed by atoms with Crippen LogP contribution in [0.2, 0.25) is 0 Å². The van der Waals surface area contributed by atoms with Gasteiger partial charge >= 0.3 is 0 Å². The van der Waals surface area contributed by atoms with E-state index in [9.17, 15) is 0 Å². The van der Waals surface area contributed by atoms with Crippen LogP contribution in [0.25, 0.3) is 11.8 Å². The maximum atomic E-state index is 5.85. The monoisotopic (exact) mass is 279 g/mol. The van der Waals surface area contributed by atoms with Crippen LogP contribution in [0, 0.1) is 4.77 Å². The van der Waals surface area contributed by atoms with Crippen LogP contribution in [0.3, 0.4) is 0 Å². The first kappa shape index (κ1) is 13.1. The molecule has 0 amide bonds. The molecule has 5 heteroatoms. The quantitative estimate of drug-likeness (QED) is 0.530. The van der Waals surface area contributed by atoms with E-state index in [0.29, 0.717) is 16.4 Å². The molecule has 0 aliphatic heterocycles. The van der Waals surface area contributed by atoms with Gasteiger partial charge in [-0.15, -0.1) is 0 Å². The smallest absolute Gasteiger partial charge is 0.199 e. The van der Waals surface area contributed by atoms with Gasteiger partial charge in [0.25, 0.3) is 0 Å². The van der Waals surface area contributed by atoms with E-state index >= 15 is 0 Å². The Bertz CT molecular complexity index is 738. The fourth-order valence-electron chi connectivity index (χ4n) is 2.34. The van der Waals surface area contributed by atoms with E-state index in [1.54, 1.807) is 10.6 Å². The highest BCUT2D eigenvalue weighted by atomic mass is 32.1. The number of nitrogens with one attached hydrogen (secondary N) is 1. The molecule has 0 spiro atoms. The van der Waals surface area contributed by atoms with Crippen molar-refractivity contribution < 1.29 is 0 Å². The Labute approximate surface area is 124 Å². The van der Waals surface area contributed by atoms with Crippen LogP contribution in [0.15, 0.2) is 36.9 Å². The number of hydrogen-bond acceptors (Lipinski definition) is 2. The lowest BCUT2D eigenvalue weighted by Gasteiger charge is -2.10. The molecule has 1 aliphatic rings. The zero-order valence-electron chi connectivity index (χ0n) is 11.0. The third-order valence-corrected chi connectivity index (χ3v) is 3.73. The molecule has 0 unspecified atom stereocenters. The van der Waals surface area contributed by atoms with Gasteiger partial charge in [-0.1, -0.05) is 30.9 Å². The number of allylic oxidation sites excluding steroid dienone is 2. The molecule has 1 heterocycles. The van der Waals surface area contributed by atoms with Gasteiger partial charge < -0.3 is 0 Å². The summed E-state index contributed by atoms with van der Waals surface area (Å²) in [7, 11) is 5.85. The van der Waals surface area contributed by atoms with Gasteiger partial charge in [-0.25, -0.2) is 0 Å². The van der Waals surface area contributed by atoms with Crippen molar-refractivity contribution in [3.63, 3.8) is 0 Å². The average Bonchev–Trinajstić information content (AvgIpc) is 3.23. The Morgan fingerprint density at radius 1 is 1.45 bits per heavy atom. The number of benzene rings is 1. The molecule has 2 radical (unpaired) electrons. The van der Waals surface area contributed by atoms with E-state index in [0.717, 1.165) is 5.69 Å². The van der Waals surface area contributed by atoms with Crippen molar-refractivity contribution in [1.29, 1.82) is 0 Å². The Kier molecular flexibility index (Phi) is 3.44. The largest absolute Gasteiger partial charge is 0.282 e. The van der Waals surface area contributed by atoms with Crippen molar-refractivity contribution in [3.05, 3.63) is 52.8 Å². The predicted octanol–water partition coefficient (Wildman–Crippen LogP) is 2.80. The number of aromatic nitrogens is 3. The summed E-state index contributed by atoms with van der Waals surface area (Å²) in [6, 6.07) is 6.29.